The number of nitrogens with zero attached hydrogens (tertiary/aromatic N) is 2. The number of pyridine rings is 1. The number of nitrogens with one attached hydrogen (secondary N) is 2. The summed E-state index contributed by atoms with van der Waals surface area (Å²) in [6.45, 7) is 0.359. The maximum atomic E-state index is 12.7. The van der Waals surface area contributed by atoms with Gasteiger partial charge in [-0.15, -0.1) is 0 Å². The molecule has 0 atom stereocenters. The Labute approximate surface area is 144 Å². The Balaban J connectivity index is 1.61. The first-order valence-corrected chi connectivity index (χ1v) is 7.97. The van der Waals surface area contributed by atoms with Crippen LogP contribution in [0.4, 0.5) is 16.2 Å². The maximum absolute atomic E-state index is 12.7. The standard InChI is InChI=1S/C19H16N4O2/c24-18-12-23(11-14-6-2-4-8-16(14)21-18)19(25)22-17-10-20-9-13-5-1-3-7-15(13)17/h1-10H,11-12H2,(H,21,24)(H,22,25). The summed E-state index contributed by atoms with van der Waals surface area (Å²) in [6, 6.07) is 14.9. The van der Waals surface area contributed by atoms with Gasteiger partial charge in [-0.25, -0.2) is 4.79 Å². The molecule has 0 spiro atoms. The van der Waals surface area contributed by atoms with E-state index in [4.69, 9.17) is 0 Å². The van der Waals surface area contributed by atoms with Crippen molar-refractivity contribution in [1.29, 1.82) is 0 Å². The molecule has 2 aromatic carbocycles. The summed E-state index contributed by atoms with van der Waals surface area (Å²) < 4.78 is 0. The average Bonchev–Trinajstić information content (AvgIpc) is 2.80. The molecule has 2 heterocycles. The number of carbonyl (C=O) groups excluding carboxylic acids is 2. The Morgan fingerprint density at radius 2 is 1.84 bits per heavy atom. The van der Waals surface area contributed by atoms with Gasteiger partial charge in [-0.3, -0.25) is 9.78 Å². The number of urea groups is 1. The van der Waals surface area contributed by atoms with Crippen molar-refractivity contribution >= 4 is 34.1 Å². The zero-order valence-corrected chi connectivity index (χ0v) is 13.4. The molecule has 4 rings (SSSR count). The summed E-state index contributed by atoms with van der Waals surface area (Å²) in [4.78, 5) is 30.5. The van der Waals surface area contributed by atoms with Crippen LogP contribution in [0.15, 0.2) is 60.9 Å². The zero-order chi connectivity index (χ0) is 17.2. The first-order valence-electron chi connectivity index (χ1n) is 7.97. The van der Waals surface area contributed by atoms with Crippen LogP contribution in [-0.2, 0) is 11.3 Å². The van der Waals surface area contributed by atoms with E-state index in [2.05, 4.69) is 15.6 Å². The number of benzene rings is 2. The van der Waals surface area contributed by atoms with Crippen LogP contribution in [0.1, 0.15) is 5.56 Å². The SMILES string of the molecule is O=C1CN(C(=O)Nc2cncc3ccccc23)Cc2ccccc2N1. The molecule has 124 valence electrons. The lowest BCUT2D eigenvalue weighted by molar-refractivity contribution is -0.116. The number of anilines is 2. The smallest absolute Gasteiger partial charge is 0.322 e. The van der Waals surface area contributed by atoms with Crippen LogP contribution < -0.4 is 10.6 Å². The van der Waals surface area contributed by atoms with Crippen LogP contribution in [0.2, 0.25) is 0 Å². The third kappa shape index (κ3) is 3.01. The van der Waals surface area contributed by atoms with E-state index >= 15 is 0 Å². The molecule has 0 saturated carbocycles. The van der Waals surface area contributed by atoms with Crippen molar-refractivity contribution in [3.63, 3.8) is 0 Å². The summed E-state index contributed by atoms with van der Waals surface area (Å²) in [7, 11) is 0. The van der Waals surface area contributed by atoms with Crippen molar-refractivity contribution in [3.8, 4) is 0 Å². The number of hydrogen-bond donors (Lipinski definition) is 2. The van der Waals surface area contributed by atoms with Crippen LogP contribution in [0.25, 0.3) is 10.8 Å². The zero-order valence-electron chi connectivity index (χ0n) is 13.4. The minimum Gasteiger partial charge on any atom is -0.324 e. The van der Waals surface area contributed by atoms with E-state index in [9.17, 15) is 9.59 Å². The Morgan fingerprint density at radius 1 is 1.04 bits per heavy atom. The fraction of sp³-hybridized carbons (Fsp3) is 0.105. The van der Waals surface area contributed by atoms with E-state index in [-0.39, 0.29) is 18.5 Å². The topological polar surface area (TPSA) is 74.3 Å². The number of rotatable bonds is 1. The Bertz CT molecular complexity index is 965. The average molecular weight is 332 g/mol. The first kappa shape index (κ1) is 15.1. The van der Waals surface area contributed by atoms with Gasteiger partial charge in [0.25, 0.3) is 0 Å². The minimum atomic E-state index is -0.329. The molecule has 0 bridgehead atoms. The lowest BCUT2D eigenvalue weighted by atomic mass is 10.1. The third-order valence-electron chi connectivity index (χ3n) is 4.18. The fourth-order valence-corrected chi connectivity index (χ4v) is 2.96. The lowest BCUT2D eigenvalue weighted by Crippen LogP contribution is -2.38. The van der Waals surface area contributed by atoms with Crippen molar-refractivity contribution in [1.82, 2.24) is 9.88 Å². The lowest BCUT2D eigenvalue weighted by Gasteiger charge is -2.20. The molecule has 0 fully saturated rings. The van der Waals surface area contributed by atoms with Crippen molar-refractivity contribution in [2.45, 2.75) is 6.54 Å². The molecule has 2 N–H and O–H groups in total. The van der Waals surface area contributed by atoms with Gasteiger partial charge in [-0.1, -0.05) is 42.5 Å². The van der Waals surface area contributed by atoms with Crippen LogP contribution in [0, 0.1) is 0 Å². The van der Waals surface area contributed by atoms with Crippen LogP contribution in [0.3, 0.4) is 0 Å². The van der Waals surface area contributed by atoms with Gasteiger partial charge in [0.2, 0.25) is 5.91 Å². The molecular formula is C19H16N4O2. The molecule has 0 radical (unpaired) electrons. The Morgan fingerprint density at radius 3 is 2.76 bits per heavy atom. The van der Waals surface area contributed by atoms with Crippen LogP contribution in [-0.4, -0.2) is 28.4 Å². The van der Waals surface area contributed by atoms with E-state index in [1.54, 1.807) is 12.4 Å². The largest absolute Gasteiger partial charge is 0.324 e. The molecule has 6 heteroatoms. The Hall–Kier alpha value is -3.41. The second-order valence-corrected chi connectivity index (χ2v) is 5.90. The van der Waals surface area contributed by atoms with Crippen LogP contribution >= 0.6 is 0 Å². The summed E-state index contributed by atoms with van der Waals surface area (Å²) in [5.41, 5.74) is 2.27. The number of amides is 3. The molecule has 1 aliphatic rings. The highest BCUT2D eigenvalue weighted by atomic mass is 16.2. The molecule has 1 aliphatic heterocycles. The molecule has 3 aromatic rings. The summed E-state index contributed by atoms with van der Waals surface area (Å²) in [5, 5.41) is 7.56. The van der Waals surface area contributed by atoms with Gasteiger partial charge in [0.15, 0.2) is 0 Å². The second-order valence-electron chi connectivity index (χ2n) is 5.90. The molecule has 0 saturated heterocycles. The van der Waals surface area contributed by atoms with Gasteiger partial charge in [0.1, 0.15) is 6.54 Å². The highest BCUT2D eigenvalue weighted by Gasteiger charge is 2.23. The number of para-hydroxylation sites is 1. The van der Waals surface area contributed by atoms with E-state index in [0.717, 1.165) is 22.0 Å². The van der Waals surface area contributed by atoms with Crippen molar-refractivity contribution < 1.29 is 9.59 Å². The number of carbonyl (C=O) groups is 2. The maximum Gasteiger partial charge on any atom is 0.322 e. The van der Waals surface area contributed by atoms with Gasteiger partial charge in [0, 0.05) is 22.7 Å². The number of hydrogen-bond acceptors (Lipinski definition) is 3. The van der Waals surface area contributed by atoms with Gasteiger partial charge in [-0.05, 0) is 11.6 Å². The van der Waals surface area contributed by atoms with Gasteiger partial charge < -0.3 is 15.5 Å². The predicted molar refractivity (Wildman–Crippen MR) is 96.2 cm³/mol. The molecule has 25 heavy (non-hydrogen) atoms. The monoisotopic (exact) mass is 332 g/mol. The number of fused-ring (bicyclic) bond motifs is 2. The third-order valence-corrected chi connectivity index (χ3v) is 4.18. The summed E-state index contributed by atoms with van der Waals surface area (Å²) in [6.07, 6.45) is 3.37. The predicted octanol–water partition coefficient (Wildman–Crippen LogP) is 3.22. The molecule has 0 unspecified atom stereocenters. The van der Waals surface area contributed by atoms with Crippen molar-refractivity contribution in [2.24, 2.45) is 0 Å². The molecule has 0 aliphatic carbocycles. The quantitative estimate of drug-likeness (QED) is 0.718. The van der Waals surface area contributed by atoms with E-state index in [1.165, 1.54) is 4.90 Å². The van der Waals surface area contributed by atoms with E-state index < -0.39 is 0 Å². The van der Waals surface area contributed by atoms with Crippen molar-refractivity contribution in [3.05, 3.63) is 66.5 Å². The van der Waals surface area contributed by atoms with Gasteiger partial charge >= 0.3 is 6.03 Å². The van der Waals surface area contributed by atoms with E-state index in [0.29, 0.717) is 12.2 Å². The van der Waals surface area contributed by atoms with Gasteiger partial charge in [0.05, 0.1) is 18.4 Å². The molecule has 6 nitrogen and oxygen atoms in total. The molecule has 1 aromatic heterocycles. The normalized spacial score (nSPS) is 13.8. The van der Waals surface area contributed by atoms with E-state index in [1.807, 2.05) is 48.5 Å². The van der Waals surface area contributed by atoms with Crippen molar-refractivity contribution in [2.75, 3.05) is 17.2 Å². The highest BCUT2D eigenvalue weighted by Crippen LogP contribution is 2.24. The first-order chi connectivity index (χ1) is 12.2. The Kier molecular flexibility index (Phi) is 3.78. The second kappa shape index (κ2) is 6.24. The fourth-order valence-electron chi connectivity index (χ4n) is 2.96. The molecular weight excluding hydrogens is 316 g/mol. The summed E-state index contributed by atoms with van der Waals surface area (Å²) in [5.74, 6) is -0.212. The minimum absolute atomic E-state index is 0.00128. The van der Waals surface area contributed by atoms with Crippen LogP contribution in [0.5, 0.6) is 0 Å². The molecule has 3 amide bonds. The highest BCUT2D eigenvalue weighted by molar-refractivity contribution is 6.03. The number of aromatic nitrogens is 1. The summed E-state index contributed by atoms with van der Waals surface area (Å²) >= 11 is 0. The van der Waals surface area contributed by atoms with Gasteiger partial charge in [-0.2, -0.15) is 0 Å².